The molecule has 45 heavy (non-hydrogen) atoms. The molecule has 11 nitrogen and oxygen atoms in total. The van der Waals surface area contributed by atoms with Crippen LogP contribution in [0.4, 0.5) is 0 Å². The van der Waals surface area contributed by atoms with Crippen LogP contribution in [0.15, 0.2) is 48.8 Å². The number of esters is 4. The average Bonchev–Trinajstić information content (AvgIpc) is 3.21. The zero-order chi connectivity index (χ0) is 33.9. The molecule has 8 atom stereocenters. The molecule has 0 bridgehead atoms. The maximum Gasteiger partial charge on any atom is 0.340 e. The third-order valence-corrected chi connectivity index (χ3v) is 8.48. The zero-order valence-corrected chi connectivity index (χ0v) is 27.3. The molecule has 0 aliphatic heterocycles. The quantitative estimate of drug-likeness (QED) is 0.274. The van der Waals surface area contributed by atoms with Gasteiger partial charge in [0, 0.05) is 44.0 Å². The van der Waals surface area contributed by atoms with Crippen molar-refractivity contribution in [1.82, 2.24) is 4.98 Å². The van der Waals surface area contributed by atoms with E-state index in [0.29, 0.717) is 0 Å². The molecule has 0 radical (unpaired) electrons. The van der Waals surface area contributed by atoms with E-state index in [-0.39, 0.29) is 24.0 Å². The van der Waals surface area contributed by atoms with Crippen LogP contribution in [0.25, 0.3) is 0 Å². The molecule has 1 heterocycles. The van der Waals surface area contributed by atoms with E-state index in [0.717, 1.165) is 0 Å². The lowest BCUT2D eigenvalue weighted by molar-refractivity contribution is -0.174. The first kappa shape index (κ1) is 35.6. The Hall–Kier alpha value is -3.86. The van der Waals surface area contributed by atoms with Crippen molar-refractivity contribution >= 4 is 29.7 Å². The van der Waals surface area contributed by atoms with E-state index >= 15 is 0 Å². The van der Waals surface area contributed by atoms with Gasteiger partial charge >= 0.3 is 23.9 Å². The van der Waals surface area contributed by atoms with Crippen LogP contribution in [-0.4, -0.2) is 69.8 Å². The lowest BCUT2D eigenvalue weighted by atomic mass is 9.73. The highest BCUT2D eigenvalue weighted by molar-refractivity contribution is 5.91. The number of pyridine rings is 1. The van der Waals surface area contributed by atoms with Gasteiger partial charge in [-0.25, -0.2) is 4.79 Å². The Labute approximate surface area is 264 Å². The van der Waals surface area contributed by atoms with E-state index in [2.05, 4.69) is 11.6 Å². The predicted molar refractivity (Wildman–Crippen MR) is 162 cm³/mol. The maximum absolute atomic E-state index is 14.1. The van der Waals surface area contributed by atoms with E-state index in [1.54, 1.807) is 59.8 Å². The van der Waals surface area contributed by atoms with Gasteiger partial charge in [0.2, 0.25) is 0 Å². The van der Waals surface area contributed by atoms with Crippen LogP contribution >= 0.6 is 0 Å². The molecule has 1 fully saturated rings. The van der Waals surface area contributed by atoms with Crippen LogP contribution in [0, 0.1) is 29.1 Å². The summed E-state index contributed by atoms with van der Waals surface area (Å²) in [5.41, 5.74) is -2.75. The van der Waals surface area contributed by atoms with E-state index in [1.807, 2.05) is 0 Å². The Bertz CT molecular complexity index is 1340. The number of carbonyl (C=O) groups excluding carboxylic acids is 5. The summed E-state index contributed by atoms with van der Waals surface area (Å²) in [7, 11) is 0. The van der Waals surface area contributed by atoms with Gasteiger partial charge in [0.1, 0.15) is 30.0 Å². The number of ether oxygens (including phenoxy) is 4. The van der Waals surface area contributed by atoms with E-state index < -0.39 is 88.8 Å². The lowest BCUT2D eigenvalue weighted by Gasteiger charge is -2.41. The van der Waals surface area contributed by atoms with E-state index in [1.165, 1.54) is 32.3 Å². The molecule has 0 spiro atoms. The molecule has 246 valence electrons. The summed E-state index contributed by atoms with van der Waals surface area (Å²) in [6.45, 7) is 16.8. The largest absolute Gasteiger partial charge is 0.461 e. The minimum Gasteiger partial charge on any atom is -0.461 e. The van der Waals surface area contributed by atoms with Crippen LogP contribution in [0.3, 0.4) is 0 Å². The summed E-state index contributed by atoms with van der Waals surface area (Å²) in [6.07, 6.45) is 1.30. The second kappa shape index (κ2) is 14.1. The Morgan fingerprint density at radius 1 is 1.04 bits per heavy atom. The van der Waals surface area contributed by atoms with Gasteiger partial charge in [-0.3, -0.25) is 24.2 Å². The smallest absolute Gasteiger partial charge is 0.340 e. The fraction of sp³-hybridized carbons (Fsp3) is 0.588. The van der Waals surface area contributed by atoms with Crippen LogP contribution < -0.4 is 0 Å². The highest BCUT2D eigenvalue weighted by Crippen LogP contribution is 2.49. The van der Waals surface area contributed by atoms with Gasteiger partial charge < -0.3 is 24.1 Å². The second-order valence-electron chi connectivity index (χ2n) is 13.1. The number of aromatic nitrogens is 1. The van der Waals surface area contributed by atoms with Crippen molar-refractivity contribution in [3.05, 3.63) is 54.4 Å². The minimum absolute atomic E-state index is 0.0577. The first-order chi connectivity index (χ1) is 20.9. The lowest BCUT2D eigenvalue weighted by Crippen LogP contribution is -2.54. The molecule has 0 saturated heterocycles. The van der Waals surface area contributed by atoms with Crippen molar-refractivity contribution < 1.29 is 48.0 Å². The predicted octanol–water partition coefficient (Wildman–Crippen LogP) is 4.17. The molecule has 0 amide bonds. The first-order valence-electron chi connectivity index (χ1n) is 15.2. The van der Waals surface area contributed by atoms with Gasteiger partial charge in [-0.15, -0.1) is 0 Å². The number of allylic oxidation sites excluding steroid dienone is 1. The standard InChI is InChI=1S/C34H45NO10/c1-18(2)31(39)44-28-21(5)16-34(41)26(28)27(43-23(7)37)20(4)15-25(42-22(6)36)30(33(8,9)13-12-19(3)29(34)38)45-32(40)24-11-10-14-35-17-24/h10-14,17-19,21,25-28,30,41H,4,15-16H2,1-3,5-9H3/t19-,21-,25+,26-,27-,28-,30+,34+/m0/s1. The SMILES string of the molecule is C=C1C[C@@H](OC(C)=O)[C@@H](OC(=O)c2cccnc2)C(C)(C)C=C[C@H](C)C(=O)[C@@]2(O)C[C@H](C)[C@H](OC(=O)C(C)C)[C@@H]2[C@H]1OC(C)=O. The summed E-state index contributed by atoms with van der Waals surface area (Å²) in [5.74, 6) is -6.30. The van der Waals surface area contributed by atoms with Gasteiger partial charge in [-0.05, 0) is 30.0 Å². The Balaban J connectivity index is 2.22. The fourth-order valence-corrected chi connectivity index (χ4v) is 6.25. The number of aliphatic hydroxyl groups is 1. The fourth-order valence-electron chi connectivity index (χ4n) is 6.25. The van der Waals surface area contributed by atoms with E-state index in [9.17, 15) is 29.1 Å². The molecule has 3 rings (SSSR count). The summed E-state index contributed by atoms with van der Waals surface area (Å²) in [6, 6.07) is 3.11. The van der Waals surface area contributed by atoms with Crippen molar-refractivity contribution in [3.8, 4) is 0 Å². The summed E-state index contributed by atoms with van der Waals surface area (Å²) in [5, 5.41) is 12.2. The van der Waals surface area contributed by atoms with Crippen LogP contribution in [0.5, 0.6) is 0 Å². The van der Waals surface area contributed by atoms with Crippen LogP contribution in [0.2, 0.25) is 0 Å². The van der Waals surface area contributed by atoms with Crippen molar-refractivity contribution in [3.63, 3.8) is 0 Å². The average molecular weight is 628 g/mol. The zero-order valence-electron chi connectivity index (χ0n) is 27.3. The molecule has 0 aromatic carbocycles. The molecular weight excluding hydrogens is 582 g/mol. The van der Waals surface area contributed by atoms with Crippen molar-refractivity contribution in [2.45, 2.75) is 98.2 Å². The van der Waals surface area contributed by atoms with Gasteiger partial charge in [0.25, 0.3) is 0 Å². The molecular formula is C34H45NO10. The topological polar surface area (TPSA) is 155 Å². The number of Topliss-reactive ketones (excluding diaryl/α,β-unsaturated/α-hetero) is 1. The molecule has 11 heteroatoms. The summed E-state index contributed by atoms with van der Waals surface area (Å²) in [4.78, 5) is 69.1. The number of ketones is 1. The number of fused-ring (bicyclic) bond motifs is 1. The van der Waals surface area contributed by atoms with Gasteiger partial charge in [0.05, 0.1) is 17.4 Å². The van der Waals surface area contributed by atoms with Crippen molar-refractivity contribution in [1.29, 1.82) is 0 Å². The highest BCUT2D eigenvalue weighted by Gasteiger charge is 2.62. The first-order valence-corrected chi connectivity index (χ1v) is 15.2. The number of hydrogen-bond acceptors (Lipinski definition) is 11. The number of hydrogen-bond donors (Lipinski definition) is 1. The monoisotopic (exact) mass is 627 g/mol. The number of nitrogens with zero attached hydrogens (tertiary/aromatic N) is 1. The van der Waals surface area contributed by atoms with Crippen LogP contribution in [0.1, 0.15) is 78.6 Å². The highest BCUT2D eigenvalue weighted by atomic mass is 16.6. The molecule has 1 aromatic rings. The molecule has 1 aromatic heterocycles. The molecule has 2 aliphatic carbocycles. The minimum atomic E-state index is -2.07. The van der Waals surface area contributed by atoms with Gasteiger partial charge in [-0.1, -0.05) is 60.3 Å². The van der Waals surface area contributed by atoms with Crippen molar-refractivity contribution in [2.24, 2.45) is 29.1 Å². The number of carbonyl (C=O) groups is 5. The molecule has 0 unspecified atom stereocenters. The normalized spacial score (nSPS) is 31.6. The molecule has 2 aliphatic rings. The van der Waals surface area contributed by atoms with Gasteiger partial charge in [-0.2, -0.15) is 0 Å². The van der Waals surface area contributed by atoms with Gasteiger partial charge in [0.15, 0.2) is 5.78 Å². The summed E-state index contributed by atoms with van der Waals surface area (Å²) >= 11 is 0. The number of rotatable bonds is 6. The summed E-state index contributed by atoms with van der Waals surface area (Å²) < 4.78 is 23.4. The third-order valence-electron chi connectivity index (χ3n) is 8.48. The molecule has 1 saturated carbocycles. The maximum atomic E-state index is 14.1. The molecule has 1 N–H and O–H groups in total. The Morgan fingerprint density at radius 2 is 1.69 bits per heavy atom. The second-order valence-corrected chi connectivity index (χ2v) is 13.1. The Morgan fingerprint density at radius 3 is 2.24 bits per heavy atom. The van der Waals surface area contributed by atoms with Crippen molar-refractivity contribution in [2.75, 3.05) is 0 Å². The van der Waals surface area contributed by atoms with Crippen LogP contribution in [-0.2, 0) is 38.1 Å². The van der Waals surface area contributed by atoms with E-state index in [4.69, 9.17) is 18.9 Å². The third kappa shape index (κ3) is 8.06. The Kier molecular flexibility index (Phi) is 11.1.